The molecular formula is C15H18ClF3N2O2. The molecule has 1 aromatic rings. The predicted octanol–water partition coefficient (Wildman–Crippen LogP) is 3.50. The Hall–Kier alpha value is -1.47. The Morgan fingerprint density at radius 2 is 2.00 bits per heavy atom. The summed E-state index contributed by atoms with van der Waals surface area (Å²) in [5.41, 5.74) is -0.0519. The molecule has 1 N–H and O–H groups in total. The van der Waals surface area contributed by atoms with Crippen LogP contribution in [0.5, 0.6) is 0 Å². The van der Waals surface area contributed by atoms with Crippen LogP contribution in [0.4, 0.5) is 24.5 Å². The van der Waals surface area contributed by atoms with E-state index in [0.29, 0.717) is 44.3 Å². The standard InChI is InChI=1S/C15H18ClF3N2O2/c16-5-1-2-14(22)20-12-10-11(15(17,18)19)3-4-13(12)21-6-8-23-9-7-21/h3-4,10H,1-2,5-9H2,(H,20,22). The zero-order valence-electron chi connectivity index (χ0n) is 12.5. The highest BCUT2D eigenvalue weighted by Gasteiger charge is 2.31. The lowest BCUT2D eigenvalue weighted by molar-refractivity contribution is -0.137. The summed E-state index contributed by atoms with van der Waals surface area (Å²) in [5, 5.41) is 2.58. The van der Waals surface area contributed by atoms with Crippen molar-refractivity contribution in [2.45, 2.75) is 19.0 Å². The van der Waals surface area contributed by atoms with Gasteiger partial charge in [-0.1, -0.05) is 0 Å². The second kappa shape index (κ2) is 7.88. The molecule has 1 aliphatic heterocycles. The van der Waals surface area contributed by atoms with Crippen LogP contribution in [-0.2, 0) is 15.7 Å². The molecule has 1 aromatic carbocycles. The van der Waals surface area contributed by atoms with E-state index in [2.05, 4.69) is 5.32 Å². The number of alkyl halides is 4. The second-order valence-electron chi connectivity index (χ2n) is 5.17. The van der Waals surface area contributed by atoms with Crippen molar-refractivity contribution in [3.05, 3.63) is 23.8 Å². The lowest BCUT2D eigenvalue weighted by Crippen LogP contribution is -2.36. The quantitative estimate of drug-likeness (QED) is 0.826. The zero-order valence-corrected chi connectivity index (χ0v) is 13.2. The molecule has 0 saturated carbocycles. The molecule has 1 heterocycles. The molecule has 1 fully saturated rings. The second-order valence-corrected chi connectivity index (χ2v) is 5.55. The van der Waals surface area contributed by atoms with E-state index >= 15 is 0 Å². The SMILES string of the molecule is O=C(CCCCl)Nc1cc(C(F)(F)F)ccc1N1CCOCC1. The van der Waals surface area contributed by atoms with Gasteiger partial charge in [0.05, 0.1) is 30.2 Å². The maximum atomic E-state index is 12.9. The van der Waals surface area contributed by atoms with Crippen LogP contribution in [0, 0.1) is 0 Å². The van der Waals surface area contributed by atoms with Crippen LogP contribution in [-0.4, -0.2) is 38.1 Å². The van der Waals surface area contributed by atoms with Gasteiger partial charge in [0.2, 0.25) is 5.91 Å². The molecule has 0 aliphatic carbocycles. The molecule has 23 heavy (non-hydrogen) atoms. The fourth-order valence-corrected chi connectivity index (χ4v) is 2.47. The summed E-state index contributed by atoms with van der Waals surface area (Å²) in [6.07, 6.45) is -3.82. The highest BCUT2D eigenvalue weighted by Crippen LogP contribution is 2.35. The number of carbonyl (C=O) groups excluding carboxylic acids is 1. The number of nitrogens with zero attached hydrogens (tertiary/aromatic N) is 1. The highest BCUT2D eigenvalue weighted by molar-refractivity contribution is 6.18. The number of ether oxygens (including phenoxy) is 1. The number of morpholine rings is 1. The number of benzene rings is 1. The first kappa shape index (κ1) is 17.9. The zero-order chi connectivity index (χ0) is 16.9. The summed E-state index contributed by atoms with van der Waals surface area (Å²) in [6, 6.07) is 3.40. The number of carbonyl (C=O) groups is 1. The molecule has 4 nitrogen and oxygen atoms in total. The fourth-order valence-electron chi connectivity index (χ4n) is 2.33. The van der Waals surface area contributed by atoms with Crippen molar-refractivity contribution in [1.82, 2.24) is 0 Å². The minimum absolute atomic E-state index is 0.168. The van der Waals surface area contributed by atoms with E-state index in [1.54, 1.807) is 0 Å². The highest BCUT2D eigenvalue weighted by atomic mass is 35.5. The molecule has 0 bridgehead atoms. The summed E-state index contributed by atoms with van der Waals surface area (Å²) < 4.78 is 44.0. The van der Waals surface area contributed by atoms with Gasteiger partial charge >= 0.3 is 6.18 Å². The first-order chi connectivity index (χ1) is 10.9. The molecule has 0 atom stereocenters. The van der Waals surface area contributed by atoms with Crippen LogP contribution < -0.4 is 10.2 Å². The van der Waals surface area contributed by atoms with Crippen LogP contribution in [0.1, 0.15) is 18.4 Å². The van der Waals surface area contributed by atoms with E-state index < -0.39 is 11.7 Å². The van der Waals surface area contributed by atoms with Gasteiger partial charge in [0.1, 0.15) is 0 Å². The number of rotatable bonds is 5. The number of hydrogen-bond acceptors (Lipinski definition) is 3. The van der Waals surface area contributed by atoms with Crippen LogP contribution in [0.25, 0.3) is 0 Å². The Balaban J connectivity index is 2.27. The maximum absolute atomic E-state index is 12.9. The van der Waals surface area contributed by atoms with Crippen molar-refractivity contribution in [2.75, 3.05) is 42.4 Å². The summed E-state index contributed by atoms with van der Waals surface area (Å²) in [6.45, 7) is 2.13. The van der Waals surface area contributed by atoms with Crippen LogP contribution in [0.2, 0.25) is 0 Å². The fraction of sp³-hybridized carbons (Fsp3) is 0.533. The van der Waals surface area contributed by atoms with Gasteiger partial charge in [-0.2, -0.15) is 13.2 Å². The first-order valence-corrected chi connectivity index (χ1v) is 7.85. The molecule has 0 spiro atoms. The van der Waals surface area contributed by atoms with Crippen molar-refractivity contribution in [1.29, 1.82) is 0 Å². The summed E-state index contributed by atoms with van der Waals surface area (Å²) in [7, 11) is 0. The molecule has 1 saturated heterocycles. The minimum Gasteiger partial charge on any atom is -0.378 e. The molecule has 128 valence electrons. The Bertz CT molecular complexity index is 546. The van der Waals surface area contributed by atoms with E-state index in [-0.39, 0.29) is 18.0 Å². The van der Waals surface area contributed by atoms with E-state index in [0.717, 1.165) is 12.1 Å². The predicted molar refractivity (Wildman–Crippen MR) is 83.1 cm³/mol. The molecule has 0 radical (unpaired) electrons. The van der Waals surface area contributed by atoms with E-state index in [4.69, 9.17) is 16.3 Å². The third kappa shape index (κ3) is 5.00. The average Bonchev–Trinajstić information content (AvgIpc) is 2.53. The van der Waals surface area contributed by atoms with Gasteiger partial charge in [-0.3, -0.25) is 4.79 Å². The Morgan fingerprint density at radius 1 is 1.30 bits per heavy atom. The number of nitrogens with one attached hydrogen (secondary N) is 1. The topological polar surface area (TPSA) is 41.6 Å². The molecule has 1 amide bonds. The van der Waals surface area contributed by atoms with E-state index in [9.17, 15) is 18.0 Å². The number of hydrogen-bond donors (Lipinski definition) is 1. The van der Waals surface area contributed by atoms with Gasteiger partial charge in [0, 0.05) is 25.4 Å². The van der Waals surface area contributed by atoms with Crippen molar-refractivity contribution in [2.24, 2.45) is 0 Å². The van der Waals surface area contributed by atoms with Gasteiger partial charge < -0.3 is 15.0 Å². The molecule has 1 aliphatic rings. The first-order valence-electron chi connectivity index (χ1n) is 7.31. The molecule has 2 rings (SSSR count). The number of anilines is 2. The van der Waals surface area contributed by atoms with Crippen LogP contribution in [0.15, 0.2) is 18.2 Å². The number of amides is 1. The van der Waals surface area contributed by atoms with Crippen molar-refractivity contribution in [3.63, 3.8) is 0 Å². The molecule has 0 aromatic heterocycles. The van der Waals surface area contributed by atoms with Crippen LogP contribution in [0.3, 0.4) is 0 Å². The Kier molecular flexibility index (Phi) is 6.12. The Morgan fingerprint density at radius 3 is 2.61 bits per heavy atom. The largest absolute Gasteiger partial charge is 0.416 e. The lowest BCUT2D eigenvalue weighted by atomic mass is 10.1. The maximum Gasteiger partial charge on any atom is 0.416 e. The van der Waals surface area contributed by atoms with Crippen molar-refractivity contribution in [3.8, 4) is 0 Å². The van der Waals surface area contributed by atoms with Gasteiger partial charge in [-0.05, 0) is 24.6 Å². The van der Waals surface area contributed by atoms with E-state index in [1.807, 2.05) is 4.90 Å². The summed E-state index contributed by atoms with van der Waals surface area (Å²) in [5.74, 6) is -0.0220. The molecule has 8 heteroatoms. The van der Waals surface area contributed by atoms with Gasteiger partial charge in [-0.25, -0.2) is 0 Å². The van der Waals surface area contributed by atoms with Crippen molar-refractivity contribution < 1.29 is 22.7 Å². The monoisotopic (exact) mass is 350 g/mol. The minimum atomic E-state index is -4.46. The van der Waals surface area contributed by atoms with Gasteiger partial charge in [-0.15, -0.1) is 11.6 Å². The van der Waals surface area contributed by atoms with Gasteiger partial charge in [0.15, 0.2) is 0 Å². The third-order valence-electron chi connectivity index (χ3n) is 3.49. The molecular weight excluding hydrogens is 333 g/mol. The van der Waals surface area contributed by atoms with E-state index in [1.165, 1.54) is 6.07 Å². The average molecular weight is 351 g/mol. The van der Waals surface area contributed by atoms with Gasteiger partial charge in [0.25, 0.3) is 0 Å². The lowest BCUT2D eigenvalue weighted by Gasteiger charge is -2.31. The molecule has 0 unspecified atom stereocenters. The smallest absolute Gasteiger partial charge is 0.378 e. The third-order valence-corrected chi connectivity index (χ3v) is 3.75. The Labute approximate surface area is 137 Å². The summed E-state index contributed by atoms with van der Waals surface area (Å²) >= 11 is 5.54. The van der Waals surface area contributed by atoms with Crippen LogP contribution >= 0.6 is 11.6 Å². The van der Waals surface area contributed by atoms with Crippen molar-refractivity contribution >= 4 is 28.9 Å². The normalized spacial score (nSPS) is 15.6. The summed E-state index contributed by atoms with van der Waals surface area (Å²) in [4.78, 5) is 13.8. The number of halogens is 4.